The van der Waals surface area contributed by atoms with Gasteiger partial charge in [-0.05, 0) is 44.9 Å². The van der Waals surface area contributed by atoms with Gasteiger partial charge < -0.3 is 4.74 Å². The van der Waals surface area contributed by atoms with Gasteiger partial charge in [0.15, 0.2) is 14.1 Å². The van der Waals surface area contributed by atoms with E-state index in [2.05, 4.69) is 41.8 Å². The number of aldehydes is 1. The van der Waals surface area contributed by atoms with Crippen LogP contribution < -0.4 is 0 Å². The summed E-state index contributed by atoms with van der Waals surface area (Å²) in [6.45, 7) is 2.16. The molecule has 9 heteroatoms. The van der Waals surface area contributed by atoms with Gasteiger partial charge in [0.05, 0.1) is 12.3 Å². The van der Waals surface area contributed by atoms with Crippen molar-refractivity contribution in [2.75, 3.05) is 6.61 Å². The van der Waals surface area contributed by atoms with E-state index in [0.29, 0.717) is 12.3 Å². The van der Waals surface area contributed by atoms with E-state index in [1.807, 2.05) is 5.38 Å². The summed E-state index contributed by atoms with van der Waals surface area (Å²) < 4.78 is 6.26. The molecule has 0 amide bonds. The van der Waals surface area contributed by atoms with Crippen LogP contribution in [0.1, 0.15) is 23.1 Å². The van der Waals surface area contributed by atoms with Crippen LogP contribution in [0.4, 0.5) is 0 Å². The maximum absolute atomic E-state index is 10.9. The molecular formula is C12H10Br2N2O3S2. The number of carbonyl (C=O) groups excluding carboxylic acids is 2. The Morgan fingerprint density at radius 1 is 1.24 bits per heavy atom. The molecule has 5 nitrogen and oxygen atoms in total. The fourth-order valence-electron chi connectivity index (χ4n) is 1.00. The summed E-state index contributed by atoms with van der Waals surface area (Å²) in [6.07, 6.45) is 3.71. The van der Waals surface area contributed by atoms with Crippen LogP contribution in [-0.4, -0.2) is 28.8 Å². The Bertz CT molecular complexity index is 626. The standard InChI is InChI=1S/C8H8BrNO2S.C4H2BrNOS/c1-2-12-7(11)4-3-6-5-13-8(9)10-6;5-4-6-3(1-7)2-8-4/h3-5H,2H2,1H3;1-2H/b4-3+;. The number of rotatable bonds is 4. The highest BCUT2D eigenvalue weighted by molar-refractivity contribution is 9.11. The van der Waals surface area contributed by atoms with Crippen molar-refractivity contribution < 1.29 is 14.3 Å². The van der Waals surface area contributed by atoms with E-state index in [4.69, 9.17) is 4.74 Å². The zero-order valence-corrected chi connectivity index (χ0v) is 15.6. The molecule has 0 aromatic carbocycles. The van der Waals surface area contributed by atoms with Crippen LogP contribution in [0.15, 0.2) is 24.7 Å². The van der Waals surface area contributed by atoms with Crippen molar-refractivity contribution in [3.05, 3.63) is 36.1 Å². The smallest absolute Gasteiger partial charge is 0.330 e. The molecule has 2 aromatic rings. The first kappa shape index (κ1) is 18.1. The summed E-state index contributed by atoms with van der Waals surface area (Å²) in [7, 11) is 0. The largest absolute Gasteiger partial charge is 0.463 e. The molecule has 0 fully saturated rings. The molecule has 0 unspecified atom stereocenters. The van der Waals surface area contributed by atoms with E-state index in [1.54, 1.807) is 18.4 Å². The second-order valence-corrected chi connectivity index (χ2v) is 7.52. The molecule has 0 N–H and O–H groups in total. The summed E-state index contributed by atoms with van der Waals surface area (Å²) in [5.41, 5.74) is 1.24. The number of hydrogen-bond donors (Lipinski definition) is 0. The third kappa shape index (κ3) is 7.60. The number of esters is 1. The molecule has 2 heterocycles. The maximum atomic E-state index is 10.9. The van der Waals surface area contributed by atoms with Crippen molar-refractivity contribution in [3.63, 3.8) is 0 Å². The number of halogens is 2. The van der Waals surface area contributed by atoms with Crippen LogP contribution in [0.5, 0.6) is 0 Å². The molecule has 0 saturated carbocycles. The lowest BCUT2D eigenvalue weighted by Crippen LogP contribution is -1.98. The quantitative estimate of drug-likeness (QED) is 0.394. The summed E-state index contributed by atoms with van der Waals surface area (Å²) in [4.78, 5) is 28.7. The minimum Gasteiger partial charge on any atom is -0.463 e. The lowest BCUT2D eigenvalue weighted by atomic mass is 10.4. The number of aromatic nitrogens is 2. The van der Waals surface area contributed by atoms with Crippen LogP contribution in [0.3, 0.4) is 0 Å². The number of thiazole rings is 2. The molecule has 2 rings (SSSR count). The minimum absolute atomic E-state index is 0.341. The number of ether oxygens (including phenoxy) is 1. The highest BCUT2D eigenvalue weighted by Crippen LogP contribution is 2.16. The predicted molar refractivity (Wildman–Crippen MR) is 90.7 cm³/mol. The monoisotopic (exact) mass is 452 g/mol. The number of hydrogen-bond acceptors (Lipinski definition) is 7. The van der Waals surface area contributed by atoms with E-state index < -0.39 is 0 Å². The minimum atomic E-state index is -0.341. The van der Waals surface area contributed by atoms with Gasteiger partial charge in [-0.2, -0.15) is 0 Å². The average molecular weight is 454 g/mol. The molecule has 0 aliphatic heterocycles. The van der Waals surface area contributed by atoms with Gasteiger partial charge in [-0.25, -0.2) is 14.8 Å². The molecule has 2 aromatic heterocycles. The Labute approximate surface area is 146 Å². The van der Waals surface area contributed by atoms with E-state index in [-0.39, 0.29) is 5.97 Å². The van der Waals surface area contributed by atoms with Crippen molar-refractivity contribution in [2.24, 2.45) is 0 Å². The number of carbonyl (C=O) groups is 2. The highest BCUT2D eigenvalue weighted by atomic mass is 79.9. The molecular weight excluding hydrogens is 444 g/mol. The number of nitrogens with zero attached hydrogens (tertiary/aromatic N) is 2. The highest BCUT2D eigenvalue weighted by Gasteiger charge is 1.97. The fourth-order valence-corrected chi connectivity index (χ4v) is 2.96. The van der Waals surface area contributed by atoms with E-state index in [9.17, 15) is 9.59 Å². The summed E-state index contributed by atoms with van der Waals surface area (Å²) in [5.74, 6) is -0.341. The molecule has 112 valence electrons. The summed E-state index contributed by atoms with van der Waals surface area (Å²) in [5, 5.41) is 3.54. The van der Waals surface area contributed by atoms with E-state index in [0.717, 1.165) is 19.8 Å². The second-order valence-electron chi connectivity index (χ2n) is 3.25. The third-order valence-corrected chi connectivity index (χ3v) is 4.55. The zero-order chi connectivity index (χ0) is 15.7. The van der Waals surface area contributed by atoms with Crippen molar-refractivity contribution in [1.29, 1.82) is 0 Å². The van der Waals surface area contributed by atoms with Crippen molar-refractivity contribution >= 4 is 72.9 Å². The lowest BCUT2D eigenvalue weighted by Gasteiger charge is -1.92. The first-order chi connectivity index (χ1) is 10.0. The Balaban J connectivity index is 0.000000235. The van der Waals surface area contributed by atoms with Crippen LogP contribution in [0.25, 0.3) is 6.08 Å². The van der Waals surface area contributed by atoms with Gasteiger partial charge in [-0.3, -0.25) is 4.79 Å². The van der Waals surface area contributed by atoms with Gasteiger partial charge in [0, 0.05) is 16.8 Å². The van der Waals surface area contributed by atoms with Gasteiger partial charge in [0.1, 0.15) is 5.69 Å². The van der Waals surface area contributed by atoms with E-state index in [1.165, 1.54) is 28.7 Å². The van der Waals surface area contributed by atoms with Crippen LogP contribution in [-0.2, 0) is 9.53 Å². The van der Waals surface area contributed by atoms with Gasteiger partial charge >= 0.3 is 5.97 Å². The average Bonchev–Trinajstić information content (AvgIpc) is 3.06. The fraction of sp³-hybridized carbons (Fsp3) is 0.167. The molecule has 0 saturated heterocycles. The van der Waals surface area contributed by atoms with Crippen molar-refractivity contribution in [2.45, 2.75) is 6.92 Å². The Kier molecular flexibility index (Phi) is 8.58. The summed E-state index contributed by atoms with van der Waals surface area (Å²) in [6, 6.07) is 0. The van der Waals surface area contributed by atoms with Crippen molar-refractivity contribution in [1.82, 2.24) is 9.97 Å². The predicted octanol–water partition coefficient (Wildman–Crippen LogP) is 4.20. The SMILES string of the molecule is CCOC(=O)/C=C/c1csc(Br)n1.O=Cc1csc(Br)n1. The third-order valence-electron chi connectivity index (χ3n) is 1.79. The Morgan fingerprint density at radius 2 is 1.81 bits per heavy atom. The second kappa shape index (κ2) is 9.93. The van der Waals surface area contributed by atoms with E-state index >= 15 is 0 Å². The molecule has 0 spiro atoms. The molecule has 0 bridgehead atoms. The zero-order valence-electron chi connectivity index (χ0n) is 10.8. The van der Waals surface area contributed by atoms with Crippen LogP contribution in [0, 0.1) is 0 Å². The molecule has 0 aliphatic rings. The van der Waals surface area contributed by atoms with Gasteiger partial charge in [0.25, 0.3) is 0 Å². The molecule has 0 aliphatic carbocycles. The summed E-state index contributed by atoms with van der Waals surface area (Å²) >= 11 is 9.22. The maximum Gasteiger partial charge on any atom is 0.330 e. The lowest BCUT2D eigenvalue weighted by molar-refractivity contribution is -0.137. The van der Waals surface area contributed by atoms with Gasteiger partial charge in [0.2, 0.25) is 0 Å². The van der Waals surface area contributed by atoms with Crippen LogP contribution >= 0.6 is 54.5 Å². The Hall–Kier alpha value is -0.900. The Morgan fingerprint density at radius 3 is 2.19 bits per heavy atom. The molecule has 0 radical (unpaired) electrons. The normalized spacial score (nSPS) is 10.0. The van der Waals surface area contributed by atoms with Gasteiger partial charge in [-0.1, -0.05) is 0 Å². The molecule has 21 heavy (non-hydrogen) atoms. The molecule has 0 atom stereocenters. The first-order valence-electron chi connectivity index (χ1n) is 5.57. The van der Waals surface area contributed by atoms with Crippen LogP contribution in [0.2, 0.25) is 0 Å². The topological polar surface area (TPSA) is 69.2 Å². The van der Waals surface area contributed by atoms with Crippen molar-refractivity contribution in [3.8, 4) is 0 Å². The first-order valence-corrected chi connectivity index (χ1v) is 8.91. The van der Waals surface area contributed by atoms with Gasteiger partial charge in [-0.15, -0.1) is 22.7 Å².